The van der Waals surface area contributed by atoms with Crippen LogP contribution in [0.5, 0.6) is 0 Å². The third-order valence-electron chi connectivity index (χ3n) is 4.90. The lowest BCUT2D eigenvalue weighted by Crippen LogP contribution is -2.14. The highest BCUT2D eigenvalue weighted by molar-refractivity contribution is 6.07. The molecule has 4 rings (SSSR count). The molecule has 0 saturated heterocycles. The van der Waals surface area contributed by atoms with Crippen LogP contribution in [0.4, 0.5) is 17.2 Å². The molecule has 0 atom stereocenters. The van der Waals surface area contributed by atoms with E-state index >= 15 is 0 Å². The monoisotopic (exact) mass is 437 g/mol. The number of hydrogen-bond acceptors (Lipinski definition) is 4. The van der Waals surface area contributed by atoms with E-state index in [2.05, 4.69) is 25.8 Å². The highest BCUT2D eigenvalue weighted by atomic mass is 16.2. The Morgan fingerprint density at radius 3 is 2.33 bits per heavy atom. The molecule has 0 aliphatic heterocycles. The van der Waals surface area contributed by atoms with Gasteiger partial charge in [-0.25, -0.2) is 0 Å². The molecule has 33 heavy (non-hydrogen) atoms. The maximum atomic E-state index is 12.6. The van der Waals surface area contributed by atoms with Crippen LogP contribution in [0, 0.1) is 0 Å². The molecule has 2 N–H and O–H groups in total. The molecule has 9 heteroatoms. The standard InChI is InChI=1S/C24H19N7O2/c1-31-22(27-23(32)17-7-3-2-4-8-17)15-21(29-31)16-11-13-18(14-12-16)26-24(33)19-9-5-6-10-20(19)28-30-25/h2-15H,1H3,(H,26,33)(H,27,32). The molecule has 1 aromatic heterocycles. The van der Waals surface area contributed by atoms with Crippen molar-refractivity contribution in [2.24, 2.45) is 12.2 Å². The van der Waals surface area contributed by atoms with E-state index in [1.807, 2.05) is 18.2 Å². The average Bonchev–Trinajstić information content (AvgIpc) is 3.20. The molecule has 0 fully saturated rings. The van der Waals surface area contributed by atoms with Crippen LogP contribution in [0.15, 0.2) is 90.0 Å². The van der Waals surface area contributed by atoms with Gasteiger partial charge in [-0.3, -0.25) is 14.3 Å². The molecule has 3 aromatic carbocycles. The second-order valence-electron chi connectivity index (χ2n) is 7.10. The number of aryl methyl sites for hydroxylation is 1. The van der Waals surface area contributed by atoms with Crippen molar-refractivity contribution in [3.63, 3.8) is 0 Å². The minimum absolute atomic E-state index is 0.218. The molecule has 0 radical (unpaired) electrons. The van der Waals surface area contributed by atoms with Gasteiger partial charge in [0, 0.05) is 40.4 Å². The molecule has 2 amide bonds. The minimum Gasteiger partial charge on any atom is -0.322 e. The van der Waals surface area contributed by atoms with Crippen molar-refractivity contribution in [3.8, 4) is 11.3 Å². The molecule has 0 spiro atoms. The fraction of sp³-hybridized carbons (Fsp3) is 0.0417. The molecule has 0 aliphatic carbocycles. The molecule has 0 unspecified atom stereocenters. The van der Waals surface area contributed by atoms with Gasteiger partial charge in [-0.2, -0.15) is 5.10 Å². The maximum absolute atomic E-state index is 12.6. The molecule has 4 aromatic rings. The molecule has 0 bridgehead atoms. The third kappa shape index (κ3) is 4.90. The molecular weight excluding hydrogens is 418 g/mol. The smallest absolute Gasteiger partial charge is 0.256 e. The first-order valence-corrected chi connectivity index (χ1v) is 10.0. The van der Waals surface area contributed by atoms with E-state index in [9.17, 15) is 9.59 Å². The van der Waals surface area contributed by atoms with Crippen LogP contribution >= 0.6 is 0 Å². The van der Waals surface area contributed by atoms with Crippen molar-refractivity contribution in [1.82, 2.24) is 9.78 Å². The quantitative estimate of drug-likeness (QED) is 0.234. The Morgan fingerprint density at radius 2 is 1.61 bits per heavy atom. The number of rotatable bonds is 6. The zero-order valence-corrected chi connectivity index (χ0v) is 17.6. The van der Waals surface area contributed by atoms with E-state index in [1.54, 1.807) is 78.5 Å². The van der Waals surface area contributed by atoms with Crippen molar-refractivity contribution >= 4 is 29.0 Å². The summed E-state index contributed by atoms with van der Waals surface area (Å²) in [5.41, 5.74) is 11.8. The molecular formula is C24H19N7O2. The highest BCUT2D eigenvalue weighted by Crippen LogP contribution is 2.25. The van der Waals surface area contributed by atoms with Crippen LogP contribution < -0.4 is 10.6 Å². The summed E-state index contributed by atoms with van der Waals surface area (Å²) in [5, 5.41) is 13.7. The van der Waals surface area contributed by atoms with Gasteiger partial charge in [-0.15, -0.1) is 0 Å². The van der Waals surface area contributed by atoms with Crippen LogP contribution in [0.25, 0.3) is 21.7 Å². The number of aromatic nitrogens is 2. The molecule has 162 valence electrons. The summed E-state index contributed by atoms with van der Waals surface area (Å²) in [6.07, 6.45) is 0. The summed E-state index contributed by atoms with van der Waals surface area (Å²) in [5.74, 6) is -0.0374. The van der Waals surface area contributed by atoms with E-state index in [1.165, 1.54) is 0 Å². The Balaban J connectivity index is 1.48. The van der Waals surface area contributed by atoms with Crippen LogP contribution in [0.1, 0.15) is 20.7 Å². The van der Waals surface area contributed by atoms with Crippen LogP contribution in [-0.2, 0) is 7.05 Å². The topological polar surface area (TPSA) is 125 Å². The number of benzene rings is 3. The minimum atomic E-state index is -0.380. The average molecular weight is 437 g/mol. The number of nitrogens with one attached hydrogen (secondary N) is 2. The number of azide groups is 1. The number of nitrogens with zero attached hydrogens (tertiary/aromatic N) is 5. The predicted octanol–water partition coefficient (Wildman–Crippen LogP) is 5.53. The van der Waals surface area contributed by atoms with Gasteiger partial charge in [0.1, 0.15) is 5.82 Å². The Labute approximate surface area is 189 Å². The largest absolute Gasteiger partial charge is 0.322 e. The summed E-state index contributed by atoms with van der Waals surface area (Å²) >= 11 is 0. The fourth-order valence-corrected chi connectivity index (χ4v) is 3.23. The highest BCUT2D eigenvalue weighted by Gasteiger charge is 2.13. The van der Waals surface area contributed by atoms with Crippen molar-refractivity contribution < 1.29 is 9.59 Å². The summed E-state index contributed by atoms with van der Waals surface area (Å²) in [4.78, 5) is 27.8. The van der Waals surface area contributed by atoms with Gasteiger partial charge in [-0.1, -0.05) is 53.6 Å². The van der Waals surface area contributed by atoms with Gasteiger partial charge in [-0.05, 0) is 35.9 Å². The van der Waals surface area contributed by atoms with Gasteiger partial charge < -0.3 is 10.6 Å². The second-order valence-corrected chi connectivity index (χ2v) is 7.10. The van der Waals surface area contributed by atoms with Gasteiger partial charge in [0.2, 0.25) is 0 Å². The first kappa shape index (κ1) is 21.4. The van der Waals surface area contributed by atoms with Gasteiger partial charge in [0.15, 0.2) is 0 Å². The normalized spacial score (nSPS) is 10.2. The van der Waals surface area contributed by atoms with Crippen LogP contribution in [0.2, 0.25) is 0 Å². The molecule has 1 heterocycles. The number of anilines is 2. The summed E-state index contributed by atoms with van der Waals surface area (Å²) in [6.45, 7) is 0. The predicted molar refractivity (Wildman–Crippen MR) is 126 cm³/mol. The SMILES string of the molecule is Cn1nc(-c2ccc(NC(=O)c3ccccc3N=[N+]=[N-])cc2)cc1NC(=O)c1ccccc1. The van der Waals surface area contributed by atoms with E-state index in [-0.39, 0.29) is 23.1 Å². The van der Waals surface area contributed by atoms with E-state index in [0.29, 0.717) is 22.8 Å². The lowest BCUT2D eigenvalue weighted by atomic mass is 10.1. The first-order valence-electron chi connectivity index (χ1n) is 10.0. The zero-order valence-electron chi connectivity index (χ0n) is 17.6. The summed E-state index contributed by atoms with van der Waals surface area (Å²) in [6, 6.07) is 24.4. The van der Waals surface area contributed by atoms with Gasteiger partial charge in [0.05, 0.1) is 11.4 Å². The van der Waals surface area contributed by atoms with E-state index < -0.39 is 0 Å². The van der Waals surface area contributed by atoms with Crippen molar-refractivity contribution in [1.29, 1.82) is 0 Å². The van der Waals surface area contributed by atoms with E-state index in [0.717, 1.165) is 5.56 Å². The third-order valence-corrected chi connectivity index (χ3v) is 4.90. The summed E-state index contributed by atoms with van der Waals surface area (Å²) in [7, 11) is 1.75. The Morgan fingerprint density at radius 1 is 0.909 bits per heavy atom. The molecule has 0 aliphatic rings. The number of hydrogen-bond donors (Lipinski definition) is 2. The number of carbonyl (C=O) groups is 2. The second kappa shape index (κ2) is 9.51. The van der Waals surface area contributed by atoms with Crippen molar-refractivity contribution in [2.45, 2.75) is 0 Å². The Bertz CT molecular complexity index is 1360. The Hall–Kier alpha value is -4.88. The van der Waals surface area contributed by atoms with Crippen LogP contribution in [0.3, 0.4) is 0 Å². The lowest BCUT2D eigenvalue weighted by molar-refractivity contribution is 0.101. The lowest BCUT2D eigenvalue weighted by Gasteiger charge is -2.07. The maximum Gasteiger partial charge on any atom is 0.256 e. The summed E-state index contributed by atoms with van der Waals surface area (Å²) < 4.78 is 1.60. The number of carbonyl (C=O) groups excluding carboxylic acids is 2. The number of amides is 2. The zero-order chi connectivity index (χ0) is 23.2. The van der Waals surface area contributed by atoms with Gasteiger partial charge >= 0.3 is 0 Å². The first-order chi connectivity index (χ1) is 16.0. The van der Waals surface area contributed by atoms with Crippen molar-refractivity contribution in [3.05, 3.63) is 106 Å². The fourth-order valence-electron chi connectivity index (χ4n) is 3.23. The van der Waals surface area contributed by atoms with Crippen LogP contribution in [-0.4, -0.2) is 21.6 Å². The molecule has 0 saturated carbocycles. The molecule has 9 nitrogen and oxygen atoms in total. The van der Waals surface area contributed by atoms with Gasteiger partial charge in [0.25, 0.3) is 11.8 Å². The van der Waals surface area contributed by atoms with E-state index in [4.69, 9.17) is 5.53 Å². The van der Waals surface area contributed by atoms with Crippen molar-refractivity contribution in [2.75, 3.05) is 10.6 Å². The Kier molecular flexibility index (Phi) is 6.15.